The van der Waals surface area contributed by atoms with Gasteiger partial charge in [0.25, 0.3) is 0 Å². The van der Waals surface area contributed by atoms with E-state index in [0.29, 0.717) is 35.6 Å². The lowest BCUT2D eigenvalue weighted by molar-refractivity contribution is 0.122. The van der Waals surface area contributed by atoms with Gasteiger partial charge in [0.1, 0.15) is 17.5 Å². The second-order valence-electron chi connectivity index (χ2n) is 5.48. The highest BCUT2D eigenvalue weighted by Crippen LogP contribution is 2.22. The summed E-state index contributed by atoms with van der Waals surface area (Å²) in [4.78, 5) is 4.31. The third-order valence-electron chi connectivity index (χ3n) is 3.57. The highest BCUT2D eigenvalue weighted by molar-refractivity contribution is 7.98. The highest BCUT2D eigenvalue weighted by Gasteiger charge is 2.08. The molecule has 136 valence electrons. The fraction of sp³-hybridized carbons (Fsp3) is 0.222. The maximum Gasteiger partial charge on any atom is 0.208 e. The van der Waals surface area contributed by atoms with Crippen molar-refractivity contribution in [2.24, 2.45) is 0 Å². The van der Waals surface area contributed by atoms with E-state index >= 15 is 0 Å². The minimum Gasteiger partial charge on any atom is -0.376 e. The quantitative estimate of drug-likeness (QED) is 0.440. The molecule has 2 aromatic carbocycles. The Morgan fingerprint density at radius 1 is 1.12 bits per heavy atom. The van der Waals surface area contributed by atoms with Crippen molar-refractivity contribution in [1.29, 1.82) is 0 Å². The van der Waals surface area contributed by atoms with Crippen molar-refractivity contribution in [3.05, 3.63) is 76.1 Å². The van der Waals surface area contributed by atoms with E-state index in [9.17, 15) is 8.78 Å². The molecule has 0 fully saturated rings. The van der Waals surface area contributed by atoms with E-state index in [1.807, 2.05) is 24.3 Å². The molecule has 0 aliphatic heterocycles. The summed E-state index contributed by atoms with van der Waals surface area (Å²) in [5, 5.41) is 8.05. The Labute approximate surface area is 158 Å². The first kappa shape index (κ1) is 18.8. The number of hydrogen-bond acceptors (Lipinski definition) is 4. The van der Waals surface area contributed by atoms with Gasteiger partial charge in [-0.3, -0.25) is 5.10 Å². The second-order valence-corrected chi connectivity index (χ2v) is 6.83. The van der Waals surface area contributed by atoms with E-state index < -0.39 is 11.6 Å². The van der Waals surface area contributed by atoms with E-state index in [1.54, 1.807) is 0 Å². The van der Waals surface area contributed by atoms with Crippen molar-refractivity contribution in [2.75, 3.05) is 6.61 Å². The Hall–Kier alpha value is -1.96. The number of nitrogens with zero attached hydrogens (tertiary/aromatic N) is 2. The van der Waals surface area contributed by atoms with Gasteiger partial charge < -0.3 is 4.74 Å². The van der Waals surface area contributed by atoms with Gasteiger partial charge in [0.15, 0.2) is 0 Å². The summed E-state index contributed by atoms with van der Waals surface area (Å²) in [5.41, 5.74) is 1.21. The molecular formula is C18H16ClF2N3OS. The van der Waals surface area contributed by atoms with Crippen molar-refractivity contribution < 1.29 is 13.5 Å². The van der Waals surface area contributed by atoms with E-state index in [-0.39, 0.29) is 11.3 Å². The molecule has 1 N–H and O–H groups in total. The molecule has 3 aromatic rings. The van der Waals surface area contributed by atoms with Crippen molar-refractivity contribution in [3.63, 3.8) is 0 Å². The van der Waals surface area contributed by atoms with Gasteiger partial charge in [-0.15, -0.1) is 5.10 Å². The third-order valence-corrected chi connectivity index (χ3v) is 4.84. The van der Waals surface area contributed by atoms with Crippen LogP contribution in [0.1, 0.15) is 17.0 Å². The van der Waals surface area contributed by atoms with Crippen LogP contribution >= 0.6 is 23.4 Å². The van der Waals surface area contributed by atoms with Gasteiger partial charge in [0, 0.05) is 22.8 Å². The summed E-state index contributed by atoms with van der Waals surface area (Å²) in [6, 6.07) is 10.9. The minimum atomic E-state index is -0.464. The number of halogens is 3. The minimum absolute atomic E-state index is 0.254. The monoisotopic (exact) mass is 395 g/mol. The Balaban J connectivity index is 1.44. The first-order chi connectivity index (χ1) is 12.6. The zero-order chi connectivity index (χ0) is 18.4. The molecule has 0 bridgehead atoms. The summed E-state index contributed by atoms with van der Waals surface area (Å²) < 4.78 is 32.4. The molecule has 0 spiro atoms. The second kappa shape index (κ2) is 9.12. The number of hydrogen-bond donors (Lipinski definition) is 1. The lowest BCUT2D eigenvalue weighted by Crippen LogP contribution is -2.01. The number of rotatable bonds is 8. The fourth-order valence-corrected chi connectivity index (χ4v) is 3.20. The SMILES string of the molecule is Fc1ccc(F)c(CSc2n[nH]c(CCOCc3ccccc3Cl)n2)c1. The molecule has 0 aliphatic rings. The number of thioether (sulfide) groups is 1. The molecule has 0 unspecified atom stereocenters. The maximum atomic E-state index is 13.6. The molecule has 3 rings (SSSR count). The van der Waals surface area contributed by atoms with Gasteiger partial charge in [0.05, 0.1) is 13.2 Å². The Bertz CT molecular complexity index is 875. The van der Waals surface area contributed by atoms with Gasteiger partial charge in [-0.1, -0.05) is 41.6 Å². The number of aromatic amines is 1. The van der Waals surface area contributed by atoms with Crippen LogP contribution in [0.2, 0.25) is 5.02 Å². The number of benzene rings is 2. The maximum absolute atomic E-state index is 13.6. The smallest absolute Gasteiger partial charge is 0.208 e. The number of H-pyrrole nitrogens is 1. The van der Waals surface area contributed by atoms with E-state index in [4.69, 9.17) is 16.3 Å². The van der Waals surface area contributed by atoms with Crippen LogP contribution in [0.4, 0.5) is 8.78 Å². The number of nitrogens with one attached hydrogen (secondary N) is 1. The average Bonchev–Trinajstić information content (AvgIpc) is 3.09. The highest BCUT2D eigenvalue weighted by atomic mass is 35.5. The summed E-state index contributed by atoms with van der Waals surface area (Å²) in [6.07, 6.45) is 0.562. The first-order valence-electron chi connectivity index (χ1n) is 7.91. The topological polar surface area (TPSA) is 50.8 Å². The zero-order valence-electron chi connectivity index (χ0n) is 13.7. The lowest BCUT2D eigenvalue weighted by atomic mass is 10.2. The molecule has 0 atom stereocenters. The van der Waals surface area contributed by atoms with E-state index in [0.717, 1.165) is 17.7 Å². The summed E-state index contributed by atoms with van der Waals surface area (Å²) >= 11 is 7.31. The van der Waals surface area contributed by atoms with E-state index in [1.165, 1.54) is 17.8 Å². The van der Waals surface area contributed by atoms with Crippen LogP contribution in [-0.2, 0) is 23.5 Å². The summed E-state index contributed by atoms with van der Waals surface area (Å²) in [7, 11) is 0. The van der Waals surface area contributed by atoms with Gasteiger partial charge in [0.2, 0.25) is 5.16 Å². The van der Waals surface area contributed by atoms with Crippen LogP contribution in [-0.4, -0.2) is 21.8 Å². The van der Waals surface area contributed by atoms with Crippen molar-refractivity contribution >= 4 is 23.4 Å². The molecule has 8 heteroatoms. The summed E-state index contributed by atoms with van der Waals surface area (Å²) in [6.45, 7) is 0.886. The van der Waals surface area contributed by atoms with Crippen molar-refractivity contribution in [1.82, 2.24) is 15.2 Å². The predicted molar refractivity (Wildman–Crippen MR) is 97.1 cm³/mol. The molecule has 0 radical (unpaired) electrons. The van der Waals surface area contributed by atoms with Crippen LogP contribution in [0.15, 0.2) is 47.6 Å². The zero-order valence-corrected chi connectivity index (χ0v) is 15.3. The summed E-state index contributed by atoms with van der Waals surface area (Å²) in [5.74, 6) is 0.0199. The fourth-order valence-electron chi connectivity index (χ4n) is 2.22. The van der Waals surface area contributed by atoms with E-state index in [2.05, 4.69) is 15.2 Å². The van der Waals surface area contributed by atoms with Crippen molar-refractivity contribution in [2.45, 2.75) is 23.9 Å². The van der Waals surface area contributed by atoms with Gasteiger partial charge in [-0.25, -0.2) is 13.8 Å². The Kier molecular flexibility index (Phi) is 6.60. The molecule has 0 saturated carbocycles. The average molecular weight is 396 g/mol. The Morgan fingerprint density at radius 2 is 1.96 bits per heavy atom. The molecule has 0 saturated heterocycles. The molecular weight excluding hydrogens is 380 g/mol. The molecule has 0 aliphatic carbocycles. The molecule has 1 aromatic heterocycles. The number of aromatic nitrogens is 3. The molecule has 1 heterocycles. The molecule has 26 heavy (non-hydrogen) atoms. The van der Waals surface area contributed by atoms with Crippen LogP contribution in [0.5, 0.6) is 0 Å². The first-order valence-corrected chi connectivity index (χ1v) is 9.27. The lowest BCUT2D eigenvalue weighted by Gasteiger charge is -2.04. The standard InChI is InChI=1S/C18H16ClF2N3OS/c19-15-4-2-1-3-12(15)10-25-8-7-17-22-18(24-23-17)26-11-13-9-14(20)5-6-16(13)21/h1-6,9H,7-8,10-11H2,(H,22,23,24). The van der Waals surface area contributed by atoms with Crippen LogP contribution in [0, 0.1) is 11.6 Å². The van der Waals surface area contributed by atoms with Crippen LogP contribution in [0.25, 0.3) is 0 Å². The third kappa shape index (κ3) is 5.27. The van der Waals surface area contributed by atoms with Crippen LogP contribution in [0.3, 0.4) is 0 Å². The molecule has 4 nitrogen and oxygen atoms in total. The van der Waals surface area contributed by atoms with Crippen LogP contribution < -0.4 is 0 Å². The van der Waals surface area contributed by atoms with Gasteiger partial charge in [-0.05, 0) is 29.8 Å². The Morgan fingerprint density at radius 3 is 2.81 bits per heavy atom. The molecule has 0 amide bonds. The number of ether oxygens (including phenoxy) is 1. The predicted octanol–water partition coefficient (Wildman–Crippen LogP) is 4.79. The normalized spacial score (nSPS) is 11.0. The largest absolute Gasteiger partial charge is 0.376 e. The van der Waals surface area contributed by atoms with Gasteiger partial charge >= 0.3 is 0 Å². The van der Waals surface area contributed by atoms with Crippen molar-refractivity contribution in [3.8, 4) is 0 Å². The van der Waals surface area contributed by atoms with Gasteiger partial charge in [-0.2, -0.15) is 0 Å².